The molecular weight excluding hydrogens is 295 g/mol. The Morgan fingerprint density at radius 2 is 2.00 bits per heavy atom. The molecule has 5 heteroatoms. The fourth-order valence-corrected chi connectivity index (χ4v) is 1.69. The summed E-state index contributed by atoms with van der Waals surface area (Å²) in [5.41, 5.74) is 1.31. The molecule has 0 aliphatic carbocycles. The first-order chi connectivity index (χ1) is 7.68. The number of hydrogen-bond donors (Lipinski definition) is 1. The fraction of sp³-hybridized carbons (Fsp3) is 0.417. The maximum absolute atomic E-state index is 12.0. The largest absolute Gasteiger partial charge is 0.508 e. The van der Waals surface area contributed by atoms with Gasteiger partial charge in [-0.15, -0.1) is 0 Å². The number of nitrogens with zero attached hydrogens (tertiary/aromatic N) is 1. The van der Waals surface area contributed by atoms with Gasteiger partial charge in [0.1, 0.15) is 5.75 Å². The Labute approximate surface area is 126 Å². The summed E-state index contributed by atoms with van der Waals surface area (Å²) in [7, 11) is 0. The van der Waals surface area contributed by atoms with Gasteiger partial charge in [0.2, 0.25) is 0 Å². The van der Waals surface area contributed by atoms with E-state index in [1.54, 1.807) is 24.0 Å². The van der Waals surface area contributed by atoms with Crippen molar-refractivity contribution in [2.24, 2.45) is 0 Å². The molecule has 0 atom stereocenters. The number of phenols is 1. The number of rotatable bonds is 1. The van der Waals surface area contributed by atoms with Gasteiger partial charge in [-0.2, -0.15) is 0 Å². The van der Waals surface area contributed by atoms with Gasteiger partial charge in [-0.05, 0) is 24.6 Å². The van der Waals surface area contributed by atoms with Gasteiger partial charge in [0, 0.05) is 51.4 Å². The first-order valence-electron chi connectivity index (χ1n) is 5.35. The predicted molar refractivity (Wildman–Crippen MR) is 59.6 cm³/mol. The molecule has 0 unspecified atom stereocenters. The van der Waals surface area contributed by atoms with Crippen LogP contribution in [0.2, 0.25) is 0 Å². The van der Waals surface area contributed by atoms with Crippen LogP contribution in [0, 0.1) is 6.92 Å². The summed E-state index contributed by atoms with van der Waals surface area (Å²) in [6.07, 6.45) is 0. The molecule has 1 fully saturated rings. The third-order valence-electron chi connectivity index (χ3n) is 2.75. The minimum absolute atomic E-state index is 0. The van der Waals surface area contributed by atoms with Crippen LogP contribution in [0.1, 0.15) is 15.9 Å². The smallest absolute Gasteiger partial charge is 0.254 e. The minimum atomic E-state index is -0.0430. The first-order valence-corrected chi connectivity index (χ1v) is 5.35. The van der Waals surface area contributed by atoms with Gasteiger partial charge in [0.25, 0.3) is 5.91 Å². The van der Waals surface area contributed by atoms with E-state index in [1.165, 1.54) is 6.07 Å². The molecule has 1 aromatic carbocycles. The van der Waals surface area contributed by atoms with Crippen LogP contribution in [0.4, 0.5) is 0 Å². The Balaban J connectivity index is 0.00000144. The molecule has 89 valence electrons. The molecule has 1 N–H and O–H groups in total. The molecule has 1 heterocycles. The maximum Gasteiger partial charge on any atom is 0.254 e. The number of carbonyl (C=O) groups excluding carboxylic acids is 1. The van der Waals surface area contributed by atoms with Crippen LogP contribution < -0.4 is 0 Å². The van der Waals surface area contributed by atoms with Crippen LogP contribution in [0.15, 0.2) is 18.2 Å². The normalized spacial score (nSPS) is 15.2. The van der Waals surface area contributed by atoms with Gasteiger partial charge < -0.3 is 14.7 Å². The van der Waals surface area contributed by atoms with Crippen LogP contribution in [-0.4, -0.2) is 42.2 Å². The van der Waals surface area contributed by atoms with E-state index in [4.69, 9.17) is 4.74 Å². The topological polar surface area (TPSA) is 49.8 Å². The molecule has 0 bridgehead atoms. The van der Waals surface area contributed by atoms with Gasteiger partial charge >= 0.3 is 0 Å². The standard InChI is InChI=1S/C12H15NO3.Y/c1-9-2-3-10(8-11(9)14)12(15)13-4-6-16-7-5-13;/h2-3,8,14H,4-7H2,1H3;. The monoisotopic (exact) mass is 310 g/mol. The predicted octanol–water partition coefficient (Wildman–Crippen LogP) is 1.17. The molecule has 1 amide bonds. The van der Waals surface area contributed by atoms with E-state index in [-0.39, 0.29) is 44.4 Å². The molecule has 1 radical (unpaired) electrons. The summed E-state index contributed by atoms with van der Waals surface area (Å²) in [5, 5.41) is 9.55. The zero-order valence-electron chi connectivity index (χ0n) is 9.85. The number of ether oxygens (including phenoxy) is 1. The van der Waals surface area contributed by atoms with Gasteiger partial charge in [-0.1, -0.05) is 6.07 Å². The van der Waals surface area contributed by atoms with Crippen LogP contribution in [0.3, 0.4) is 0 Å². The van der Waals surface area contributed by atoms with Crippen molar-refractivity contribution in [3.63, 3.8) is 0 Å². The fourth-order valence-electron chi connectivity index (χ4n) is 1.69. The first kappa shape index (κ1) is 14.6. The number of carbonyl (C=O) groups is 1. The van der Waals surface area contributed by atoms with Crippen molar-refractivity contribution in [1.29, 1.82) is 0 Å². The molecule has 1 aliphatic rings. The van der Waals surface area contributed by atoms with Crippen LogP contribution in [0.25, 0.3) is 0 Å². The van der Waals surface area contributed by atoms with Gasteiger partial charge in [-0.25, -0.2) is 0 Å². The van der Waals surface area contributed by atoms with E-state index in [0.717, 1.165) is 5.56 Å². The Hall–Kier alpha value is -0.446. The molecule has 1 saturated heterocycles. The third kappa shape index (κ3) is 3.50. The SMILES string of the molecule is Cc1ccc(C(=O)N2CCOCC2)cc1O.[Y]. The molecule has 17 heavy (non-hydrogen) atoms. The number of aromatic hydroxyl groups is 1. The maximum atomic E-state index is 12.0. The summed E-state index contributed by atoms with van der Waals surface area (Å²) in [6.45, 7) is 4.21. The molecule has 0 aromatic heterocycles. The Morgan fingerprint density at radius 1 is 1.35 bits per heavy atom. The van der Waals surface area contributed by atoms with Crippen LogP contribution >= 0.6 is 0 Å². The Bertz CT molecular complexity index is 403. The summed E-state index contributed by atoms with van der Waals surface area (Å²) < 4.78 is 5.19. The summed E-state index contributed by atoms with van der Waals surface area (Å²) >= 11 is 0. The quantitative estimate of drug-likeness (QED) is 0.847. The van der Waals surface area contributed by atoms with Crippen molar-refractivity contribution in [3.05, 3.63) is 29.3 Å². The van der Waals surface area contributed by atoms with Crippen molar-refractivity contribution in [1.82, 2.24) is 4.90 Å². The molecule has 1 aromatic rings. The number of phenolic OH excluding ortho intramolecular Hbond substituents is 1. The van der Waals surface area contributed by atoms with Crippen molar-refractivity contribution >= 4 is 5.91 Å². The summed E-state index contributed by atoms with van der Waals surface area (Å²) in [6, 6.07) is 5.02. The summed E-state index contributed by atoms with van der Waals surface area (Å²) in [4.78, 5) is 13.8. The van der Waals surface area contributed by atoms with E-state index < -0.39 is 0 Å². The molecule has 0 spiro atoms. The zero-order valence-corrected chi connectivity index (χ0v) is 12.7. The number of amides is 1. The van der Waals surface area contributed by atoms with Crippen molar-refractivity contribution in [2.45, 2.75) is 6.92 Å². The van der Waals surface area contributed by atoms with E-state index >= 15 is 0 Å². The molecule has 1 aliphatic heterocycles. The molecule has 0 saturated carbocycles. The number of hydrogen-bond acceptors (Lipinski definition) is 3. The van der Waals surface area contributed by atoms with Crippen molar-refractivity contribution < 1.29 is 47.3 Å². The Kier molecular flexibility index (Phi) is 5.57. The second-order valence-electron chi connectivity index (χ2n) is 3.91. The second-order valence-corrected chi connectivity index (χ2v) is 3.91. The van der Waals surface area contributed by atoms with Crippen LogP contribution in [0.5, 0.6) is 5.75 Å². The second kappa shape index (κ2) is 6.48. The molecule has 4 nitrogen and oxygen atoms in total. The number of aryl methyl sites for hydroxylation is 1. The van der Waals surface area contributed by atoms with E-state index in [1.807, 2.05) is 0 Å². The number of benzene rings is 1. The molecule has 2 rings (SSSR count). The molecular formula is C12H15NO3Y. The summed E-state index contributed by atoms with van der Waals surface area (Å²) in [5.74, 6) is 0.123. The van der Waals surface area contributed by atoms with Gasteiger partial charge in [0.05, 0.1) is 13.2 Å². The van der Waals surface area contributed by atoms with Crippen molar-refractivity contribution in [2.75, 3.05) is 26.3 Å². The third-order valence-corrected chi connectivity index (χ3v) is 2.75. The van der Waals surface area contributed by atoms with Crippen molar-refractivity contribution in [3.8, 4) is 5.75 Å². The van der Waals surface area contributed by atoms with Crippen LogP contribution in [-0.2, 0) is 37.4 Å². The zero-order chi connectivity index (χ0) is 11.5. The minimum Gasteiger partial charge on any atom is -0.508 e. The van der Waals surface area contributed by atoms with E-state index in [2.05, 4.69) is 0 Å². The van der Waals surface area contributed by atoms with Gasteiger partial charge in [0.15, 0.2) is 0 Å². The average Bonchev–Trinajstić information content (AvgIpc) is 2.33. The number of morpholine rings is 1. The van der Waals surface area contributed by atoms with Gasteiger partial charge in [-0.3, -0.25) is 4.79 Å². The Morgan fingerprint density at radius 3 is 2.59 bits per heavy atom. The van der Waals surface area contributed by atoms with E-state index in [0.29, 0.717) is 31.9 Å². The van der Waals surface area contributed by atoms with E-state index in [9.17, 15) is 9.90 Å². The average molecular weight is 310 g/mol.